The Labute approximate surface area is 151 Å². The maximum Gasteiger partial charge on any atom is 0.246 e. The normalized spacial score (nSPS) is 15.5. The highest BCUT2D eigenvalue weighted by Crippen LogP contribution is 2.26. The molecule has 0 aromatic heterocycles. The summed E-state index contributed by atoms with van der Waals surface area (Å²) < 4.78 is 59.1. The maximum absolute atomic E-state index is 13.9. The summed E-state index contributed by atoms with van der Waals surface area (Å²) in [6.45, 7) is 2.69. The van der Waals surface area contributed by atoms with E-state index in [4.69, 9.17) is 4.74 Å². The van der Waals surface area contributed by atoms with Crippen LogP contribution in [0.5, 0.6) is 0 Å². The highest BCUT2D eigenvalue weighted by Gasteiger charge is 2.26. The molecule has 8 heteroatoms. The second-order valence-electron chi connectivity index (χ2n) is 6.06. The minimum absolute atomic E-state index is 0.0474. The van der Waals surface area contributed by atoms with Gasteiger partial charge in [-0.2, -0.15) is 4.31 Å². The van der Waals surface area contributed by atoms with Crippen LogP contribution >= 0.6 is 0 Å². The molecule has 0 radical (unpaired) electrons. The molecule has 1 aliphatic rings. The third kappa shape index (κ3) is 3.87. The van der Waals surface area contributed by atoms with Crippen LogP contribution in [0, 0.1) is 11.6 Å². The SMILES string of the molecule is CN(Cc1ccccc1N1CCOCC1)S(=O)(=O)c1cc(F)ccc1F. The van der Waals surface area contributed by atoms with E-state index in [-0.39, 0.29) is 6.54 Å². The van der Waals surface area contributed by atoms with Gasteiger partial charge in [0.15, 0.2) is 0 Å². The van der Waals surface area contributed by atoms with Gasteiger partial charge in [-0.25, -0.2) is 17.2 Å². The van der Waals surface area contributed by atoms with Gasteiger partial charge in [0.1, 0.15) is 16.5 Å². The Morgan fingerprint density at radius 1 is 1.12 bits per heavy atom. The van der Waals surface area contributed by atoms with Crippen molar-refractivity contribution in [3.05, 3.63) is 59.7 Å². The molecule has 0 aliphatic carbocycles. The molecule has 3 rings (SSSR count). The number of rotatable bonds is 5. The third-order valence-electron chi connectivity index (χ3n) is 4.32. The van der Waals surface area contributed by atoms with Crippen molar-refractivity contribution in [2.24, 2.45) is 0 Å². The molecule has 0 unspecified atom stereocenters. The number of ether oxygens (including phenoxy) is 1. The lowest BCUT2D eigenvalue weighted by Crippen LogP contribution is -2.37. The Kier molecular flexibility index (Phi) is 5.55. The number of sulfonamides is 1. The van der Waals surface area contributed by atoms with Crippen molar-refractivity contribution in [3.63, 3.8) is 0 Å². The van der Waals surface area contributed by atoms with Crippen LogP contribution in [0.4, 0.5) is 14.5 Å². The molecule has 2 aromatic rings. The molecule has 140 valence electrons. The van der Waals surface area contributed by atoms with Gasteiger partial charge in [0.2, 0.25) is 10.0 Å². The average Bonchev–Trinajstić information content (AvgIpc) is 2.64. The lowest BCUT2D eigenvalue weighted by atomic mass is 10.1. The predicted octanol–water partition coefficient (Wildman–Crippen LogP) is 2.62. The smallest absolute Gasteiger partial charge is 0.246 e. The number of nitrogens with zero attached hydrogens (tertiary/aromatic N) is 2. The van der Waals surface area contributed by atoms with Gasteiger partial charge in [0.05, 0.1) is 13.2 Å². The largest absolute Gasteiger partial charge is 0.378 e. The molecule has 2 aromatic carbocycles. The fraction of sp³-hybridized carbons (Fsp3) is 0.333. The van der Waals surface area contributed by atoms with E-state index in [9.17, 15) is 17.2 Å². The van der Waals surface area contributed by atoms with Gasteiger partial charge in [0.25, 0.3) is 0 Å². The summed E-state index contributed by atoms with van der Waals surface area (Å²) in [4.78, 5) is 1.46. The molecule has 5 nitrogen and oxygen atoms in total. The summed E-state index contributed by atoms with van der Waals surface area (Å²) in [5.41, 5.74) is 1.70. The number of morpholine rings is 1. The quantitative estimate of drug-likeness (QED) is 0.798. The molecule has 0 bridgehead atoms. The zero-order valence-electron chi connectivity index (χ0n) is 14.4. The molecule has 0 saturated carbocycles. The van der Waals surface area contributed by atoms with Crippen molar-refractivity contribution < 1.29 is 21.9 Å². The number of benzene rings is 2. The van der Waals surface area contributed by atoms with E-state index in [1.165, 1.54) is 7.05 Å². The van der Waals surface area contributed by atoms with Crippen molar-refractivity contribution >= 4 is 15.7 Å². The van der Waals surface area contributed by atoms with Crippen molar-refractivity contribution in [3.8, 4) is 0 Å². The van der Waals surface area contributed by atoms with Gasteiger partial charge in [0, 0.05) is 32.4 Å². The van der Waals surface area contributed by atoms with Crippen molar-refractivity contribution in [2.45, 2.75) is 11.4 Å². The summed E-state index contributed by atoms with van der Waals surface area (Å²) in [6, 6.07) is 9.87. The molecule has 1 aliphatic heterocycles. The van der Waals surface area contributed by atoms with Crippen LogP contribution in [0.25, 0.3) is 0 Å². The number of hydrogen-bond donors (Lipinski definition) is 0. The van der Waals surface area contributed by atoms with E-state index < -0.39 is 26.6 Å². The number of hydrogen-bond acceptors (Lipinski definition) is 4. The molecule has 1 fully saturated rings. The minimum atomic E-state index is -4.16. The first-order valence-corrected chi connectivity index (χ1v) is 9.65. The van der Waals surface area contributed by atoms with Crippen LogP contribution < -0.4 is 4.90 Å². The van der Waals surface area contributed by atoms with Crippen LogP contribution in [0.3, 0.4) is 0 Å². The summed E-state index contributed by atoms with van der Waals surface area (Å²) in [5, 5.41) is 0. The second kappa shape index (κ2) is 7.69. The standard InChI is InChI=1S/C18H20F2N2O3S/c1-21(26(23,24)18-12-15(19)6-7-16(18)20)13-14-4-2-3-5-17(14)22-8-10-25-11-9-22/h2-7,12H,8-11,13H2,1H3. The molecule has 26 heavy (non-hydrogen) atoms. The number of para-hydroxylation sites is 1. The van der Waals surface area contributed by atoms with Gasteiger partial charge in [-0.1, -0.05) is 18.2 Å². The third-order valence-corrected chi connectivity index (χ3v) is 6.14. The van der Waals surface area contributed by atoms with Crippen molar-refractivity contribution in [2.75, 3.05) is 38.3 Å². The molecule has 1 saturated heterocycles. The molecular formula is C18H20F2N2O3S. The molecule has 0 amide bonds. The fourth-order valence-corrected chi connectivity index (χ4v) is 4.15. The Bertz CT molecular complexity index is 884. The molecule has 0 atom stereocenters. The monoisotopic (exact) mass is 382 g/mol. The van der Waals surface area contributed by atoms with E-state index in [0.29, 0.717) is 32.4 Å². The lowest BCUT2D eigenvalue weighted by molar-refractivity contribution is 0.122. The van der Waals surface area contributed by atoms with Crippen LogP contribution in [0.1, 0.15) is 5.56 Å². The first-order valence-electron chi connectivity index (χ1n) is 8.21. The van der Waals surface area contributed by atoms with E-state index >= 15 is 0 Å². The van der Waals surface area contributed by atoms with E-state index in [0.717, 1.165) is 27.7 Å². The summed E-state index contributed by atoms with van der Waals surface area (Å²) in [6.07, 6.45) is 0. The highest BCUT2D eigenvalue weighted by molar-refractivity contribution is 7.89. The molecule has 1 heterocycles. The zero-order valence-corrected chi connectivity index (χ0v) is 15.2. The van der Waals surface area contributed by atoms with Crippen LogP contribution in [-0.2, 0) is 21.3 Å². The minimum Gasteiger partial charge on any atom is -0.378 e. The van der Waals surface area contributed by atoms with Crippen LogP contribution in [0.2, 0.25) is 0 Å². The van der Waals surface area contributed by atoms with Crippen molar-refractivity contribution in [1.29, 1.82) is 0 Å². The summed E-state index contributed by atoms with van der Waals surface area (Å²) in [5.74, 6) is -1.77. The summed E-state index contributed by atoms with van der Waals surface area (Å²) in [7, 11) is -2.81. The zero-order chi connectivity index (χ0) is 18.7. The summed E-state index contributed by atoms with van der Waals surface area (Å²) >= 11 is 0. The van der Waals surface area contributed by atoms with Crippen LogP contribution in [-0.4, -0.2) is 46.1 Å². The Morgan fingerprint density at radius 3 is 2.54 bits per heavy atom. The van der Waals surface area contributed by atoms with E-state index in [1.807, 2.05) is 24.3 Å². The Balaban J connectivity index is 1.88. The van der Waals surface area contributed by atoms with Crippen LogP contribution in [0.15, 0.2) is 47.4 Å². The first kappa shape index (κ1) is 18.8. The van der Waals surface area contributed by atoms with Gasteiger partial charge in [-0.3, -0.25) is 0 Å². The maximum atomic E-state index is 13.9. The average molecular weight is 382 g/mol. The van der Waals surface area contributed by atoms with Gasteiger partial charge >= 0.3 is 0 Å². The predicted molar refractivity (Wildman–Crippen MR) is 94.5 cm³/mol. The van der Waals surface area contributed by atoms with Gasteiger partial charge in [-0.15, -0.1) is 0 Å². The fourth-order valence-electron chi connectivity index (χ4n) is 2.92. The van der Waals surface area contributed by atoms with Crippen molar-refractivity contribution in [1.82, 2.24) is 4.31 Å². The highest BCUT2D eigenvalue weighted by atomic mass is 32.2. The topological polar surface area (TPSA) is 49.9 Å². The number of anilines is 1. The Hall–Kier alpha value is -2.03. The van der Waals surface area contributed by atoms with Gasteiger partial charge < -0.3 is 9.64 Å². The van der Waals surface area contributed by atoms with E-state index in [1.54, 1.807) is 0 Å². The molecule has 0 N–H and O–H groups in total. The molecule has 0 spiro atoms. The second-order valence-corrected chi connectivity index (χ2v) is 8.08. The lowest BCUT2D eigenvalue weighted by Gasteiger charge is -2.31. The first-order chi connectivity index (χ1) is 12.4. The number of halogens is 2. The molecular weight excluding hydrogens is 362 g/mol. The van der Waals surface area contributed by atoms with Gasteiger partial charge in [-0.05, 0) is 29.8 Å². The van der Waals surface area contributed by atoms with E-state index in [2.05, 4.69) is 4.90 Å². The Morgan fingerprint density at radius 2 is 1.81 bits per heavy atom.